The number of benzene rings is 7. The van der Waals surface area contributed by atoms with Crippen molar-refractivity contribution in [3.05, 3.63) is 246 Å². The quantitative estimate of drug-likeness (QED) is 0.0214. The van der Waals surface area contributed by atoms with Crippen LogP contribution in [0.2, 0.25) is 25.1 Å². The minimum absolute atomic E-state index is 0.0863. The van der Waals surface area contributed by atoms with Crippen LogP contribution in [0.25, 0.3) is 0 Å². The van der Waals surface area contributed by atoms with Crippen LogP contribution in [-0.4, -0.2) is 229 Å². The normalized spacial score (nSPS) is 26.2. The van der Waals surface area contributed by atoms with Gasteiger partial charge in [0.05, 0.1) is 46.6 Å². The molecule has 7 aromatic rings. The number of halogens is 8. The monoisotopic (exact) mass is 1860 g/mol. The average Bonchev–Trinajstić information content (AvgIpc) is 0.753. The fraction of sp³-hybridized carbons (Fsp3) is 0.361. The summed E-state index contributed by atoms with van der Waals surface area (Å²) in [6.07, 6.45) is -41.6. The van der Waals surface area contributed by atoms with Crippen LogP contribution >= 0.6 is 92.8 Å². The smallest absolute Gasteiger partial charge is 0.338 e. The Morgan fingerprint density at radius 3 is 1.08 bits per heavy atom. The zero-order valence-electron chi connectivity index (χ0n) is 64.7. The highest BCUT2D eigenvalue weighted by Gasteiger charge is 2.62. The molecular weight excluding hydrogens is 1790 g/mol. The van der Waals surface area contributed by atoms with Crippen LogP contribution in [-0.2, 0) is 116 Å². The second kappa shape index (κ2) is 43.5. The van der Waals surface area contributed by atoms with Crippen molar-refractivity contribution in [2.45, 2.75) is 161 Å². The lowest BCUT2D eigenvalue weighted by molar-refractivity contribution is -0.379. The molecule has 0 bridgehead atoms. The van der Waals surface area contributed by atoms with Gasteiger partial charge in [0.1, 0.15) is 74.7 Å². The second-order valence-electron chi connectivity index (χ2n) is 27.5. The molecule has 4 aliphatic rings. The molecule has 32 nitrogen and oxygen atoms in total. The van der Waals surface area contributed by atoms with Crippen molar-refractivity contribution >= 4 is 158 Å². The molecule has 20 atom stereocenters. The molecule has 4 heterocycles. The van der Waals surface area contributed by atoms with Gasteiger partial charge in [-0.3, -0.25) is 24.0 Å². The van der Waals surface area contributed by atoms with Crippen molar-refractivity contribution in [2.24, 2.45) is 0 Å². The Morgan fingerprint density at radius 1 is 0.341 bits per heavy atom. The molecule has 0 saturated carbocycles. The largest absolute Gasteiger partial charge is 0.463 e. The summed E-state index contributed by atoms with van der Waals surface area (Å²) in [6.45, 7) is -0.804. The first-order valence-corrected chi connectivity index (χ1v) is 40.3. The Hall–Kier alpha value is -9.37. The summed E-state index contributed by atoms with van der Waals surface area (Å²) < 4.78 is 111. The summed E-state index contributed by atoms with van der Waals surface area (Å²) in [5.74, 6) is -13.0. The van der Waals surface area contributed by atoms with E-state index in [0.717, 1.165) is 27.7 Å². The van der Waals surface area contributed by atoms with Gasteiger partial charge in [0.25, 0.3) is 9.70 Å². The molecule has 0 aliphatic carbocycles. The van der Waals surface area contributed by atoms with E-state index in [4.69, 9.17) is 178 Å². The number of hydrogen-bond acceptors (Lipinski definition) is 31. The lowest BCUT2D eigenvalue weighted by Gasteiger charge is -2.51. The predicted octanol–water partition coefficient (Wildman–Crippen LogP) is 10.7. The maximum absolute atomic E-state index is 15.6. The number of hydrogen-bond donors (Lipinski definition) is 3. The van der Waals surface area contributed by atoms with Gasteiger partial charge >= 0.3 is 59.7 Å². The summed E-state index contributed by atoms with van der Waals surface area (Å²) in [7, 11) is 0. The Balaban J connectivity index is 1.15. The molecule has 0 spiro atoms. The standard InChI is InChI=1S/C83H75Cl8NO31/c1-40(94)106-37-57-62(110-41(2)95)66(111-42(3)96)70(112-43(4)97)80(115-57)122-65-60(92-82(105)83(89,90)91)78(113-56(35-93)61(65)98)123-68-63(117-74(101)45-13-9-6-10-14-45)58(38-107-72(99)46-15-25-51(84)26-16-46)116-81(71(68)120-77(104)50-23-33-55(88)34-24-50)121-64-59(39-108-73(100)47-17-27-52(85)28-18-47)114-79(109-36-44-11-7-5-8-12-44)69(119-76(103)49-21-31-54(87)32-22-49)67(64)118-75(102)48-19-29-53(86)30-20-48/h5-34,56-71,78-81,93,98H,35-39H2,1-4H3,(H,92,105)/t56-,57-,58-,59-,60-,61-,62+,63+,64-,65-,66+,67+,68+,69-,70-,71-,78+,79-,80+,81+/m1/s1. The molecule has 0 unspecified atom stereocenters. The highest BCUT2D eigenvalue weighted by molar-refractivity contribution is 6.76. The summed E-state index contributed by atoms with van der Waals surface area (Å²) in [4.78, 5) is 157. The fourth-order valence-corrected chi connectivity index (χ4v) is 13.9. The number of carbonyl (C=O) groups excluding carboxylic acids is 11. The van der Waals surface area contributed by atoms with E-state index in [1.54, 1.807) is 36.4 Å². The van der Waals surface area contributed by atoms with Gasteiger partial charge in [0.15, 0.2) is 67.9 Å². The van der Waals surface area contributed by atoms with Gasteiger partial charge in [0, 0.05) is 52.8 Å². The number of nitrogens with one attached hydrogen (secondary N) is 1. The van der Waals surface area contributed by atoms with E-state index >= 15 is 14.4 Å². The Labute approximate surface area is 740 Å². The van der Waals surface area contributed by atoms with Gasteiger partial charge in [-0.1, -0.05) is 141 Å². The number of aliphatic hydroxyl groups excluding tert-OH is 2. The van der Waals surface area contributed by atoms with Crippen molar-refractivity contribution in [1.29, 1.82) is 0 Å². The first-order chi connectivity index (χ1) is 58.7. The van der Waals surface area contributed by atoms with E-state index in [-0.39, 0.29) is 65.1 Å². The van der Waals surface area contributed by atoms with Crippen LogP contribution in [0.4, 0.5) is 0 Å². The third-order valence-corrected chi connectivity index (χ3v) is 20.6. The van der Waals surface area contributed by atoms with Crippen molar-refractivity contribution in [3.63, 3.8) is 0 Å². The molecule has 4 aliphatic heterocycles. The van der Waals surface area contributed by atoms with Crippen LogP contribution in [0.3, 0.4) is 0 Å². The number of alkyl halides is 3. The van der Waals surface area contributed by atoms with E-state index in [1.165, 1.54) is 146 Å². The number of amides is 1. The number of carbonyl (C=O) groups is 11. The lowest BCUT2D eigenvalue weighted by Crippen LogP contribution is -2.71. The van der Waals surface area contributed by atoms with E-state index in [2.05, 4.69) is 5.32 Å². The van der Waals surface area contributed by atoms with Crippen molar-refractivity contribution in [2.75, 3.05) is 26.4 Å². The van der Waals surface area contributed by atoms with Crippen LogP contribution in [0.5, 0.6) is 0 Å². The van der Waals surface area contributed by atoms with Crippen LogP contribution in [0.1, 0.15) is 95.4 Å². The molecular formula is C83H75Cl8NO31. The molecule has 3 N–H and O–H groups in total. The number of rotatable bonds is 30. The molecule has 0 aromatic heterocycles. The van der Waals surface area contributed by atoms with Gasteiger partial charge in [0.2, 0.25) is 0 Å². The maximum Gasteiger partial charge on any atom is 0.338 e. The summed E-state index contributed by atoms with van der Waals surface area (Å²) in [6, 6.07) is 39.3. The number of aliphatic hydroxyl groups is 2. The Bertz CT molecular complexity index is 4850. The highest BCUT2D eigenvalue weighted by Crippen LogP contribution is 2.42. The van der Waals surface area contributed by atoms with Crippen LogP contribution in [0, 0.1) is 0 Å². The van der Waals surface area contributed by atoms with E-state index in [1.807, 2.05) is 0 Å². The zero-order chi connectivity index (χ0) is 88.5. The first-order valence-electron chi connectivity index (χ1n) is 37.2. The minimum Gasteiger partial charge on any atom is -0.463 e. The van der Waals surface area contributed by atoms with Gasteiger partial charge in [-0.15, -0.1) is 0 Å². The van der Waals surface area contributed by atoms with Crippen molar-refractivity contribution < 1.29 is 148 Å². The topological polar surface area (TPSA) is 406 Å². The predicted molar refractivity (Wildman–Crippen MR) is 430 cm³/mol. The van der Waals surface area contributed by atoms with Crippen molar-refractivity contribution in [1.82, 2.24) is 5.32 Å². The third kappa shape index (κ3) is 25.5. The maximum atomic E-state index is 15.6. The Kier molecular flexibility index (Phi) is 33.4. The van der Waals surface area contributed by atoms with Crippen LogP contribution in [0.15, 0.2) is 182 Å². The molecule has 123 heavy (non-hydrogen) atoms. The molecule has 4 fully saturated rings. The van der Waals surface area contributed by atoms with E-state index in [0.29, 0.717) is 5.56 Å². The minimum atomic E-state index is -3.04. The van der Waals surface area contributed by atoms with Gasteiger partial charge in [-0.05, 0) is 139 Å². The molecule has 0 radical (unpaired) electrons. The van der Waals surface area contributed by atoms with E-state index < -0.39 is 219 Å². The summed E-state index contributed by atoms with van der Waals surface area (Å²) in [5.41, 5.74) is -0.652. The summed E-state index contributed by atoms with van der Waals surface area (Å²) in [5, 5.41) is 27.4. The van der Waals surface area contributed by atoms with E-state index in [9.17, 15) is 48.6 Å². The second-order valence-corrected chi connectivity index (χ2v) is 32.0. The van der Waals surface area contributed by atoms with Gasteiger partial charge < -0.3 is 101 Å². The summed E-state index contributed by atoms with van der Waals surface area (Å²) >= 11 is 50.7. The number of esters is 10. The molecule has 7 aromatic carbocycles. The molecule has 4 saturated heterocycles. The van der Waals surface area contributed by atoms with Crippen molar-refractivity contribution in [3.8, 4) is 0 Å². The number of ether oxygens (including phenoxy) is 18. The first kappa shape index (κ1) is 94.3. The molecule has 654 valence electrons. The lowest BCUT2D eigenvalue weighted by atomic mass is 9.93. The highest BCUT2D eigenvalue weighted by atomic mass is 35.6. The fourth-order valence-electron chi connectivity index (χ4n) is 13.1. The molecule has 1 amide bonds. The third-order valence-electron chi connectivity index (χ3n) is 18.8. The van der Waals surface area contributed by atoms with Gasteiger partial charge in [-0.2, -0.15) is 0 Å². The molecule has 40 heteroatoms. The van der Waals surface area contributed by atoms with Crippen LogP contribution < -0.4 is 5.32 Å². The zero-order valence-corrected chi connectivity index (χ0v) is 70.7. The molecule has 11 rings (SSSR count). The Morgan fingerprint density at radius 2 is 0.659 bits per heavy atom. The SMILES string of the molecule is CC(=O)OC[C@H]1O[C@@H](O[C@H]2[C@H](O)[C@@H](CO)O[C@@H](O[C@H]3[C@@H](OC(=O)c4ccccc4)[C@@H](COC(=O)c4ccc(Cl)cc4)O[C@@H](O[C@H]4[C@H](OC(=O)c5ccc(Cl)cc5)[C@@H](OC(=O)c5ccc(Cl)cc5)[C@H](OCc5ccccc5)O[C@@H]4COC(=O)c4ccc(Cl)cc4)[C@@H]3OC(=O)c3ccc(Cl)cc3)[C@@H]2NC(=O)C(Cl)(Cl)Cl)[C@H](OC(C)=O)[C@@H](OC(C)=O)[C@H]1OC(C)=O. The van der Waals surface area contributed by atoms with Gasteiger partial charge in [-0.25, -0.2) is 28.8 Å². The average molecular weight is 1870 g/mol.